The summed E-state index contributed by atoms with van der Waals surface area (Å²) in [6.07, 6.45) is 1.64. The highest BCUT2D eigenvalue weighted by molar-refractivity contribution is 7.90. The first-order valence-corrected chi connectivity index (χ1v) is 6.81. The molecule has 7 heteroatoms. The quantitative estimate of drug-likeness (QED) is 0.662. The van der Waals surface area contributed by atoms with Gasteiger partial charge in [-0.3, -0.25) is 14.9 Å². The van der Waals surface area contributed by atoms with Crippen molar-refractivity contribution in [3.8, 4) is 0 Å². The van der Waals surface area contributed by atoms with Gasteiger partial charge in [0.05, 0.1) is 11.8 Å². The number of carbonyl (C=O) groups excluding carboxylic acids is 2. The van der Waals surface area contributed by atoms with E-state index in [-0.39, 0.29) is 11.8 Å². The molecule has 0 aromatic heterocycles. The number of piperazine rings is 1. The predicted octanol–water partition coefficient (Wildman–Crippen LogP) is -0.784. The van der Waals surface area contributed by atoms with Gasteiger partial charge in [-0.05, 0) is 19.3 Å². The maximum atomic E-state index is 12.0. The third-order valence-corrected chi connectivity index (χ3v) is 5.22. The fourth-order valence-electron chi connectivity index (χ4n) is 1.86. The zero-order valence-corrected chi connectivity index (χ0v) is 9.79. The molecule has 0 aromatic carbocycles. The molecule has 0 radical (unpaired) electrons. The average molecular weight is 246 g/mol. The highest BCUT2D eigenvalue weighted by Crippen LogP contribution is 2.32. The topological polar surface area (TPSA) is 83.6 Å². The summed E-state index contributed by atoms with van der Waals surface area (Å²) in [5, 5.41) is 1.77. The van der Waals surface area contributed by atoms with Gasteiger partial charge in [-0.2, -0.15) is 4.31 Å². The molecule has 1 aliphatic carbocycles. The van der Waals surface area contributed by atoms with E-state index in [2.05, 4.69) is 5.32 Å². The van der Waals surface area contributed by atoms with E-state index in [0.29, 0.717) is 19.3 Å². The highest BCUT2D eigenvalue weighted by atomic mass is 32.2. The molecule has 1 heterocycles. The number of rotatable bonds is 3. The molecule has 0 aromatic rings. The molecule has 1 aliphatic heterocycles. The minimum atomic E-state index is -3.46. The smallest absolute Gasteiger partial charge is 0.245 e. The van der Waals surface area contributed by atoms with Crippen LogP contribution in [0, 0.1) is 0 Å². The lowest BCUT2D eigenvalue weighted by Gasteiger charge is -2.32. The third-order valence-electron chi connectivity index (χ3n) is 2.87. The van der Waals surface area contributed by atoms with Crippen LogP contribution in [0.15, 0.2) is 0 Å². The zero-order valence-electron chi connectivity index (χ0n) is 8.97. The minimum Gasteiger partial charge on any atom is -0.294 e. The molecule has 2 aliphatic rings. The molecule has 1 saturated carbocycles. The lowest BCUT2D eigenvalue weighted by molar-refractivity contribution is -0.137. The summed E-state index contributed by atoms with van der Waals surface area (Å²) in [5.41, 5.74) is 0. The second-order valence-corrected chi connectivity index (χ2v) is 6.29. The van der Waals surface area contributed by atoms with Gasteiger partial charge in [-0.1, -0.05) is 6.92 Å². The number of sulfonamides is 1. The second kappa shape index (κ2) is 3.81. The first-order valence-electron chi connectivity index (χ1n) is 5.31. The maximum Gasteiger partial charge on any atom is 0.245 e. The van der Waals surface area contributed by atoms with Crippen LogP contribution in [0.4, 0.5) is 0 Å². The van der Waals surface area contributed by atoms with Gasteiger partial charge in [0, 0.05) is 0 Å². The molecule has 90 valence electrons. The van der Waals surface area contributed by atoms with E-state index < -0.39 is 27.9 Å². The number of amides is 2. The van der Waals surface area contributed by atoms with Crippen molar-refractivity contribution in [2.24, 2.45) is 0 Å². The van der Waals surface area contributed by atoms with Crippen molar-refractivity contribution < 1.29 is 18.0 Å². The van der Waals surface area contributed by atoms with E-state index in [1.165, 1.54) is 0 Å². The van der Waals surface area contributed by atoms with E-state index >= 15 is 0 Å². The molecule has 0 bridgehead atoms. The van der Waals surface area contributed by atoms with Gasteiger partial charge < -0.3 is 0 Å². The fourth-order valence-corrected chi connectivity index (χ4v) is 3.87. The molecule has 1 saturated heterocycles. The van der Waals surface area contributed by atoms with Crippen molar-refractivity contribution >= 4 is 21.8 Å². The van der Waals surface area contributed by atoms with E-state index in [9.17, 15) is 18.0 Å². The third kappa shape index (κ3) is 1.84. The van der Waals surface area contributed by atoms with E-state index in [4.69, 9.17) is 0 Å². The highest BCUT2D eigenvalue weighted by Gasteiger charge is 2.46. The predicted molar refractivity (Wildman–Crippen MR) is 55.9 cm³/mol. The second-order valence-electron chi connectivity index (χ2n) is 4.13. The van der Waals surface area contributed by atoms with Crippen LogP contribution in [0.1, 0.15) is 26.2 Å². The summed E-state index contributed by atoms with van der Waals surface area (Å²) in [7, 11) is -3.46. The minimum absolute atomic E-state index is 0.233. The largest absolute Gasteiger partial charge is 0.294 e. The molecule has 1 unspecified atom stereocenters. The van der Waals surface area contributed by atoms with E-state index in [1.807, 2.05) is 0 Å². The van der Waals surface area contributed by atoms with Crippen LogP contribution < -0.4 is 5.32 Å². The number of nitrogens with one attached hydrogen (secondary N) is 1. The van der Waals surface area contributed by atoms with Crippen molar-refractivity contribution in [1.82, 2.24) is 9.62 Å². The number of hydrogen-bond donors (Lipinski definition) is 1. The van der Waals surface area contributed by atoms with Crippen molar-refractivity contribution in [3.63, 3.8) is 0 Å². The monoisotopic (exact) mass is 246 g/mol. The fraction of sp³-hybridized carbons (Fsp3) is 0.778. The lowest BCUT2D eigenvalue weighted by atomic mass is 10.2. The van der Waals surface area contributed by atoms with Gasteiger partial charge in [0.15, 0.2) is 0 Å². The summed E-state index contributed by atoms with van der Waals surface area (Å²) in [5.74, 6) is -1.05. The van der Waals surface area contributed by atoms with Crippen LogP contribution in [0.5, 0.6) is 0 Å². The van der Waals surface area contributed by atoms with Crippen LogP contribution in [-0.2, 0) is 19.6 Å². The van der Waals surface area contributed by atoms with Crippen molar-refractivity contribution in [1.29, 1.82) is 0 Å². The number of nitrogens with zero attached hydrogens (tertiary/aromatic N) is 1. The molecule has 1 N–H and O–H groups in total. The normalized spacial score (nSPS) is 27.9. The first-order chi connectivity index (χ1) is 7.46. The van der Waals surface area contributed by atoms with Gasteiger partial charge in [0.1, 0.15) is 6.04 Å². The summed E-state index contributed by atoms with van der Waals surface area (Å²) in [6.45, 7) is 1.50. The van der Waals surface area contributed by atoms with Crippen molar-refractivity contribution in [2.75, 3.05) is 6.54 Å². The van der Waals surface area contributed by atoms with Crippen LogP contribution in [0.25, 0.3) is 0 Å². The molecule has 1 atom stereocenters. The van der Waals surface area contributed by atoms with Crippen LogP contribution in [-0.4, -0.2) is 42.4 Å². The SMILES string of the molecule is CCC1C(=O)NC(=O)CN1S(=O)(=O)C1CC1. The Morgan fingerprint density at radius 2 is 2.00 bits per heavy atom. The maximum absolute atomic E-state index is 12.0. The molecule has 2 fully saturated rings. The Bertz CT molecular complexity index is 427. The molecule has 2 rings (SSSR count). The molecule has 16 heavy (non-hydrogen) atoms. The standard InChI is InChI=1S/C9H14N2O4S/c1-2-7-9(13)10-8(12)5-11(7)16(14,15)6-3-4-6/h6-7H,2-5H2,1H3,(H,10,12,13). The van der Waals surface area contributed by atoms with Crippen molar-refractivity contribution in [3.05, 3.63) is 0 Å². The van der Waals surface area contributed by atoms with Crippen molar-refractivity contribution in [2.45, 2.75) is 37.5 Å². The molecular formula is C9H14N2O4S. The summed E-state index contributed by atoms with van der Waals surface area (Å²) in [6, 6.07) is -0.733. The Balaban J connectivity index is 2.29. The van der Waals surface area contributed by atoms with E-state index in [0.717, 1.165) is 4.31 Å². The van der Waals surface area contributed by atoms with Gasteiger partial charge in [-0.25, -0.2) is 8.42 Å². The van der Waals surface area contributed by atoms with Crippen LogP contribution in [0.2, 0.25) is 0 Å². The summed E-state index contributed by atoms with van der Waals surface area (Å²) in [4.78, 5) is 22.7. The molecule has 0 spiro atoms. The lowest BCUT2D eigenvalue weighted by Crippen LogP contribution is -2.60. The number of hydrogen-bond acceptors (Lipinski definition) is 4. The zero-order chi connectivity index (χ0) is 11.9. The summed E-state index contributed by atoms with van der Waals surface area (Å²) >= 11 is 0. The Labute approximate surface area is 94.0 Å². The Kier molecular flexibility index (Phi) is 2.75. The van der Waals surface area contributed by atoms with Gasteiger partial charge >= 0.3 is 0 Å². The molecular weight excluding hydrogens is 232 g/mol. The Hall–Kier alpha value is -0.950. The Morgan fingerprint density at radius 1 is 1.38 bits per heavy atom. The molecule has 6 nitrogen and oxygen atoms in total. The summed E-state index contributed by atoms with van der Waals surface area (Å²) < 4.78 is 25.1. The Morgan fingerprint density at radius 3 is 2.50 bits per heavy atom. The van der Waals surface area contributed by atoms with Crippen LogP contribution >= 0.6 is 0 Å². The van der Waals surface area contributed by atoms with Gasteiger partial charge in [0.2, 0.25) is 21.8 Å². The molecule has 2 amide bonds. The van der Waals surface area contributed by atoms with Crippen LogP contribution in [0.3, 0.4) is 0 Å². The average Bonchev–Trinajstić information content (AvgIpc) is 2.99. The number of imide groups is 1. The first kappa shape index (κ1) is 11.5. The number of carbonyl (C=O) groups is 2. The van der Waals surface area contributed by atoms with E-state index in [1.54, 1.807) is 6.92 Å². The van der Waals surface area contributed by atoms with Gasteiger partial charge in [-0.15, -0.1) is 0 Å². The van der Waals surface area contributed by atoms with Gasteiger partial charge in [0.25, 0.3) is 0 Å².